The fourth-order valence-electron chi connectivity index (χ4n) is 3.04. The number of alkyl halides is 1. The van der Waals surface area contributed by atoms with Crippen molar-refractivity contribution >= 4 is 11.8 Å². The largest absolute Gasteiger partial charge is 0.501 e. The average molecular weight is 375 g/mol. The molecule has 1 fully saturated rings. The minimum absolute atomic E-state index is 0.00705. The summed E-state index contributed by atoms with van der Waals surface area (Å²) < 4.78 is 18.6. The molecule has 0 aliphatic carbocycles. The van der Waals surface area contributed by atoms with Crippen LogP contribution in [-0.4, -0.2) is 63.2 Å². The molecule has 0 unspecified atom stereocenters. The van der Waals surface area contributed by atoms with Crippen LogP contribution in [-0.2, 0) is 4.74 Å². The third-order valence-corrected chi connectivity index (χ3v) is 4.35. The molecule has 3 rings (SSSR count). The third-order valence-electron chi connectivity index (χ3n) is 4.35. The molecule has 0 radical (unpaired) electrons. The number of esters is 1. The predicted octanol–water partition coefficient (Wildman–Crippen LogP) is 1.64. The average Bonchev–Trinajstić information content (AvgIpc) is 3.04. The standard InChI is InChI=1S/C18H18FN3O5/c1-27-18(26)14-15(24)17(25)21-16(20-14)12-7-11(19)8-22(12)9-13(23)10-5-3-2-4-6-10/h2-6,11-12,24H,7-9H2,1H3,(H,20,21,25)/t11-,12-/m0/s1. The minimum Gasteiger partial charge on any atom is -0.501 e. The summed E-state index contributed by atoms with van der Waals surface area (Å²) in [6, 6.07) is 7.85. The van der Waals surface area contributed by atoms with Gasteiger partial charge in [-0.05, 0) is 0 Å². The van der Waals surface area contributed by atoms with Gasteiger partial charge in [0.2, 0.25) is 5.75 Å². The molecule has 27 heavy (non-hydrogen) atoms. The van der Waals surface area contributed by atoms with Crippen LogP contribution in [0.3, 0.4) is 0 Å². The van der Waals surface area contributed by atoms with E-state index in [0.29, 0.717) is 5.56 Å². The second-order valence-corrected chi connectivity index (χ2v) is 6.16. The van der Waals surface area contributed by atoms with Crippen molar-refractivity contribution in [3.63, 3.8) is 0 Å². The molecule has 9 heteroatoms. The van der Waals surface area contributed by atoms with Gasteiger partial charge in [0, 0.05) is 18.5 Å². The molecular weight excluding hydrogens is 357 g/mol. The van der Waals surface area contributed by atoms with Crippen molar-refractivity contribution in [2.24, 2.45) is 0 Å². The van der Waals surface area contributed by atoms with Crippen molar-refractivity contribution in [1.82, 2.24) is 14.9 Å². The number of hydrogen-bond acceptors (Lipinski definition) is 8. The van der Waals surface area contributed by atoms with E-state index in [0.717, 1.165) is 7.11 Å². The molecule has 0 spiro atoms. The molecule has 0 saturated carbocycles. The van der Waals surface area contributed by atoms with Gasteiger partial charge in [0.15, 0.2) is 17.3 Å². The number of methoxy groups -OCH3 is 1. The monoisotopic (exact) mass is 375 g/mol. The SMILES string of the molecule is COC(=O)c1nc([C@@H]2C[C@H](F)CN2CC(=O)c2ccccc2)nc(O)c1O. The van der Waals surface area contributed by atoms with E-state index in [1.807, 2.05) is 0 Å². The lowest BCUT2D eigenvalue weighted by Crippen LogP contribution is -2.31. The van der Waals surface area contributed by atoms with Crippen molar-refractivity contribution in [3.8, 4) is 11.6 Å². The van der Waals surface area contributed by atoms with E-state index >= 15 is 0 Å². The molecule has 1 aromatic heterocycles. The van der Waals surface area contributed by atoms with Gasteiger partial charge in [-0.25, -0.2) is 14.2 Å². The first kappa shape index (κ1) is 18.7. The van der Waals surface area contributed by atoms with E-state index in [4.69, 9.17) is 0 Å². The summed E-state index contributed by atoms with van der Waals surface area (Å²) in [5, 5.41) is 19.6. The number of halogens is 1. The predicted molar refractivity (Wildman–Crippen MR) is 91.3 cm³/mol. The zero-order valence-electron chi connectivity index (χ0n) is 14.5. The smallest absolute Gasteiger partial charge is 0.360 e. The Kier molecular flexibility index (Phi) is 5.31. The van der Waals surface area contributed by atoms with E-state index in [1.54, 1.807) is 35.2 Å². The number of carbonyl (C=O) groups is 2. The summed E-state index contributed by atoms with van der Waals surface area (Å²) in [5.74, 6) is -2.85. The number of aromatic nitrogens is 2. The first-order valence-electron chi connectivity index (χ1n) is 8.25. The maximum Gasteiger partial charge on any atom is 0.360 e. The maximum atomic E-state index is 14.1. The van der Waals surface area contributed by atoms with E-state index < -0.39 is 35.5 Å². The fraction of sp³-hybridized carbons (Fsp3) is 0.333. The van der Waals surface area contributed by atoms with Gasteiger partial charge in [-0.3, -0.25) is 9.69 Å². The van der Waals surface area contributed by atoms with E-state index in [-0.39, 0.29) is 31.1 Å². The Morgan fingerprint density at radius 1 is 1.26 bits per heavy atom. The number of carbonyl (C=O) groups excluding carboxylic acids is 2. The molecule has 8 nitrogen and oxygen atoms in total. The van der Waals surface area contributed by atoms with E-state index in [9.17, 15) is 24.2 Å². The van der Waals surface area contributed by atoms with Crippen LogP contribution in [0.15, 0.2) is 30.3 Å². The summed E-state index contributed by atoms with van der Waals surface area (Å²) >= 11 is 0. The summed E-state index contributed by atoms with van der Waals surface area (Å²) in [6.45, 7) is -0.0878. The normalized spacial score (nSPS) is 19.8. The highest BCUT2D eigenvalue weighted by atomic mass is 19.1. The van der Waals surface area contributed by atoms with E-state index in [1.165, 1.54) is 0 Å². The quantitative estimate of drug-likeness (QED) is 0.599. The summed E-state index contributed by atoms with van der Waals surface area (Å²) in [7, 11) is 1.10. The number of Topliss-reactive ketones (excluding diaryl/α,β-unsaturated/α-hetero) is 1. The fourth-order valence-corrected chi connectivity index (χ4v) is 3.04. The number of nitrogens with zero attached hydrogens (tertiary/aromatic N) is 3. The van der Waals surface area contributed by atoms with Crippen molar-refractivity contribution < 1.29 is 28.9 Å². The number of likely N-dealkylation sites (tertiary alicyclic amines) is 1. The molecular formula is C18H18FN3O5. The molecule has 142 valence electrons. The van der Waals surface area contributed by atoms with Crippen LogP contribution >= 0.6 is 0 Å². The lowest BCUT2D eigenvalue weighted by molar-refractivity contribution is 0.0587. The summed E-state index contributed by atoms with van der Waals surface area (Å²) in [6.07, 6.45) is -1.23. The van der Waals surface area contributed by atoms with Crippen LogP contribution in [0, 0.1) is 0 Å². The lowest BCUT2D eigenvalue weighted by Gasteiger charge is -2.22. The van der Waals surface area contributed by atoms with Crippen molar-refractivity contribution in [3.05, 3.63) is 47.4 Å². The molecule has 2 heterocycles. The van der Waals surface area contributed by atoms with Gasteiger partial charge < -0.3 is 14.9 Å². The number of ketones is 1. The van der Waals surface area contributed by atoms with Crippen LogP contribution in [0.5, 0.6) is 11.6 Å². The van der Waals surface area contributed by atoms with Gasteiger partial charge in [0.05, 0.1) is 19.7 Å². The van der Waals surface area contributed by atoms with Gasteiger partial charge >= 0.3 is 5.97 Å². The second-order valence-electron chi connectivity index (χ2n) is 6.16. The van der Waals surface area contributed by atoms with Crippen LogP contribution < -0.4 is 0 Å². The molecule has 1 aromatic carbocycles. The van der Waals surface area contributed by atoms with Crippen molar-refractivity contribution in [2.45, 2.75) is 18.6 Å². The Hall–Kier alpha value is -3.07. The molecule has 2 atom stereocenters. The number of rotatable bonds is 5. The molecule has 1 aliphatic heterocycles. The summed E-state index contributed by atoms with van der Waals surface area (Å²) in [5.41, 5.74) is -0.0278. The maximum absolute atomic E-state index is 14.1. The van der Waals surface area contributed by atoms with Crippen LogP contribution in [0.25, 0.3) is 0 Å². The van der Waals surface area contributed by atoms with Gasteiger partial charge in [-0.2, -0.15) is 4.98 Å². The molecule has 1 aliphatic rings. The Bertz CT molecular complexity index is 862. The van der Waals surface area contributed by atoms with Gasteiger partial charge in [0.1, 0.15) is 6.17 Å². The Morgan fingerprint density at radius 2 is 1.96 bits per heavy atom. The molecule has 2 aromatic rings. The number of benzene rings is 1. The van der Waals surface area contributed by atoms with Gasteiger partial charge in [-0.1, -0.05) is 30.3 Å². The first-order valence-corrected chi connectivity index (χ1v) is 8.25. The van der Waals surface area contributed by atoms with E-state index in [2.05, 4.69) is 14.7 Å². The second kappa shape index (κ2) is 7.67. The zero-order chi connectivity index (χ0) is 19.6. The van der Waals surface area contributed by atoms with Crippen LogP contribution in [0.2, 0.25) is 0 Å². The molecule has 2 N–H and O–H groups in total. The first-order chi connectivity index (χ1) is 12.9. The minimum atomic E-state index is -1.22. The van der Waals surface area contributed by atoms with Gasteiger partial charge in [-0.15, -0.1) is 0 Å². The molecule has 0 amide bonds. The Labute approximate surface area is 154 Å². The Balaban J connectivity index is 1.89. The Morgan fingerprint density at radius 3 is 2.63 bits per heavy atom. The highest BCUT2D eigenvalue weighted by molar-refractivity contribution is 5.97. The highest BCUT2D eigenvalue weighted by Crippen LogP contribution is 2.35. The molecule has 0 bridgehead atoms. The lowest BCUT2D eigenvalue weighted by atomic mass is 10.1. The van der Waals surface area contributed by atoms with Crippen molar-refractivity contribution in [1.29, 1.82) is 0 Å². The highest BCUT2D eigenvalue weighted by Gasteiger charge is 2.37. The number of aromatic hydroxyl groups is 2. The zero-order valence-corrected chi connectivity index (χ0v) is 14.5. The van der Waals surface area contributed by atoms with Crippen LogP contribution in [0.4, 0.5) is 4.39 Å². The summed E-state index contributed by atoms with van der Waals surface area (Å²) in [4.78, 5) is 33.4. The van der Waals surface area contributed by atoms with Crippen molar-refractivity contribution in [2.75, 3.05) is 20.2 Å². The number of ether oxygens (including phenoxy) is 1. The topological polar surface area (TPSA) is 113 Å². The molecule has 1 saturated heterocycles. The number of hydrogen-bond donors (Lipinski definition) is 2. The third kappa shape index (κ3) is 3.87. The van der Waals surface area contributed by atoms with Crippen LogP contribution in [0.1, 0.15) is 39.1 Å². The van der Waals surface area contributed by atoms with Gasteiger partial charge in [0.25, 0.3) is 5.88 Å².